The standard InChI is InChI=1S/C4H12F2OSi2/c1-8(2,5)7-9(3,4)6/h1-4H3. The summed E-state index contributed by atoms with van der Waals surface area (Å²) in [7, 11) is -6.21. The van der Waals surface area contributed by atoms with Crippen LogP contribution in [0.25, 0.3) is 0 Å². The van der Waals surface area contributed by atoms with Crippen LogP contribution < -0.4 is 0 Å². The van der Waals surface area contributed by atoms with Crippen molar-refractivity contribution in [1.82, 2.24) is 0 Å². The van der Waals surface area contributed by atoms with Crippen LogP contribution in [0.15, 0.2) is 0 Å². The number of hydrogen-bond donors (Lipinski definition) is 0. The molecule has 56 valence electrons. The normalized spacial score (nSPS) is 14.0. The third-order valence-corrected chi connectivity index (χ3v) is 4.37. The second-order valence-corrected chi connectivity index (χ2v) is 9.10. The molecule has 0 amide bonds. The Kier molecular flexibility index (Phi) is 2.54. The summed E-state index contributed by atoms with van der Waals surface area (Å²) in [6.45, 7) is 5.34. The molecule has 5 heteroatoms. The van der Waals surface area contributed by atoms with E-state index in [9.17, 15) is 8.22 Å². The van der Waals surface area contributed by atoms with E-state index >= 15 is 0 Å². The highest BCUT2D eigenvalue weighted by molar-refractivity contribution is 6.78. The molecule has 0 unspecified atom stereocenters. The maximum absolute atomic E-state index is 12.6. The first-order valence-electron chi connectivity index (χ1n) is 2.79. The lowest BCUT2D eigenvalue weighted by Crippen LogP contribution is -2.38. The summed E-state index contributed by atoms with van der Waals surface area (Å²) in [5.74, 6) is 0. The lowest BCUT2D eigenvalue weighted by Gasteiger charge is -2.19. The molecule has 0 N–H and O–H groups in total. The Labute approximate surface area is 56.6 Å². The summed E-state index contributed by atoms with van der Waals surface area (Å²) in [6, 6.07) is 0. The Morgan fingerprint density at radius 1 is 0.889 bits per heavy atom. The lowest BCUT2D eigenvalue weighted by atomic mass is 11.9. The lowest BCUT2D eigenvalue weighted by molar-refractivity contribution is 0.421. The highest BCUT2D eigenvalue weighted by atomic mass is 28.5. The number of rotatable bonds is 2. The first kappa shape index (κ1) is 9.25. The molecule has 0 aliphatic heterocycles. The van der Waals surface area contributed by atoms with E-state index in [0.717, 1.165) is 0 Å². The maximum Gasteiger partial charge on any atom is 0.369 e. The second-order valence-electron chi connectivity index (χ2n) is 2.83. The summed E-state index contributed by atoms with van der Waals surface area (Å²) in [5.41, 5.74) is 0. The molecule has 9 heavy (non-hydrogen) atoms. The van der Waals surface area contributed by atoms with E-state index in [1.165, 1.54) is 26.2 Å². The van der Waals surface area contributed by atoms with Crippen LogP contribution >= 0.6 is 0 Å². The molecule has 0 fully saturated rings. The SMILES string of the molecule is C[Si](C)(F)O[Si](C)(C)F. The Hall–Kier alpha value is 0.254. The monoisotopic (exact) mass is 170 g/mol. The Morgan fingerprint density at radius 2 is 1.11 bits per heavy atom. The van der Waals surface area contributed by atoms with Crippen molar-refractivity contribution in [3.63, 3.8) is 0 Å². The molecule has 0 atom stereocenters. The fourth-order valence-corrected chi connectivity index (χ4v) is 5.19. The molecule has 0 spiro atoms. The van der Waals surface area contributed by atoms with Crippen molar-refractivity contribution >= 4 is 17.3 Å². The third-order valence-electron chi connectivity index (χ3n) is 0.485. The van der Waals surface area contributed by atoms with E-state index in [1.54, 1.807) is 0 Å². The van der Waals surface area contributed by atoms with Gasteiger partial charge in [-0.3, -0.25) is 8.22 Å². The number of halogens is 2. The van der Waals surface area contributed by atoms with Crippen LogP contribution in [-0.4, -0.2) is 17.3 Å². The summed E-state index contributed by atoms with van der Waals surface area (Å²) in [6.07, 6.45) is 0. The van der Waals surface area contributed by atoms with Crippen molar-refractivity contribution in [2.24, 2.45) is 0 Å². The van der Waals surface area contributed by atoms with Gasteiger partial charge in [-0.1, -0.05) is 0 Å². The van der Waals surface area contributed by atoms with Gasteiger partial charge in [0.25, 0.3) is 0 Å². The molecule has 0 saturated carbocycles. The van der Waals surface area contributed by atoms with E-state index in [1.807, 2.05) is 0 Å². The molecule has 0 radical (unpaired) electrons. The van der Waals surface area contributed by atoms with Gasteiger partial charge in [0, 0.05) is 0 Å². The van der Waals surface area contributed by atoms with E-state index < -0.39 is 17.3 Å². The van der Waals surface area contributed by atoms with Gasteiger partial charge < -0.3 is 4.12 Å². The van der Waals surface area contributed by atoms with Crippen LogP contribution in [0.5, 0.6) is 0 Å². The zero-order chi connectivity index (χ0) is 7.71. The van der Waals surface area contributed by atoms with Gasteiger partial charge in [-0.25, -0.2) is 0 Å². The molecule has 0 aromatic carbocycles. The van der Waals surface area contributed by atoms with Gasteiger partial charge in [-0.2, -0.15) is 0 Å². The second kappa shape index (κ2) is 2.47. The van der Waals surface area contributed by atoms with Gasteiger partial charge in [-0.15, -0.1) is 0 Å². The van der Waals surface area contributed by atoms with Crippen LogP contribution in [0.2, 0.25) is 26.2 Å². The minimum Gasteiger partial charge on any atom is -0.409 e. The maximum atomic E-state index is 12.6. The highest BCUT2D eigenvalue weighted by Crippen LogP contribution is 2.15. The van der Waals surface area contributed by atoms with Gasteiger partial charge in [0.2, 0.25) is 0 Å². The topological polar surface area (TPSA) is 9.23 Å². The van der Waals surface area contributed by atoms with Crippen molar-refractivity contribution in [3.05, 3.63) is 0 Å². The van der Waals surface area contributed by atoms with Crippen molar-refractivity contribution in [1.29, 1.82) is 0 Å². The van der Waals surface area contributed by atoms with Crippen LogP contribution in [0.3, 0.4) is 0 Å². The average Bonchev–Trinajstić information content (AvgIpc) is 1.14. The Bertz CT molecular complexity index is 81.7. The third kappa shape index (κ3) is 8.25. The molecular weight excluding hydrogens is 158 g/mol. The summed E-state index contributed by atoms with van der Waals surface area (Å²) in [4.78, 5) is 0. The molecule has 0 rings (SSSR count). The summed E-state index contributed by atoms with van der Waals surface area (Å²) in [5, 5.41) is 0. The van der Waals surface area contributed by atoms with Gasteiger partial charge in [0.05, 0.1) is 0 Å². The van der Waals surface area contributed by atoms with Crippen molar-refractivity contribution in [2.45, 2.75) is 26.2 Å². The predicted molar refractivity (Wildman–Crippen MR) is 38.3 cm³/mol. The smallest absolute Gasteiger partial charge is 0.369 e. The quantitative estimate of drug-likeness (QED) is 0.456. The predicted octanol–water partition coefficient (Wildman–Crippen LogP) is 2.35. The van der Waals surface area contributed by atoms with Gasteiger partial charge in [-0.05, 0) is 26.2 Å². The molecule has 0 aromatic rings. The first-order valence-corrected chi connectivity index (χ1v) is 8.36. The van der Waals surface area contributed by atoms with Crippen LogP contribution in [0.1, 0.15) is 0 Å². The van der Waals surface area contributed by atoms with Crippen LogP contribution in [0, 0.1) is 0 Å². The van der Waals surface area contributed by atoms with Crippen LogP contribution in [0.4, 0.5) is 8.22 Å². The molecule has 0 aliphatic rings. The molecule has 0 aliphatic carbocycles. The van der Waals surface area contributed by atoms with Gasteiger partial charge in [0.1, 0.15) is 0 Å². The van der Waals surface area contributed by atoms with Crippen LogP contribution in [-0.2, 0) is 4.12 Å². The van der Waals surface area contributed by atoms with E-state index in [-0.39, 0.29) is 0 Å². The van der Waals surface area contributed by atoms with Crippen molar-refractivity contribution < 1.29 is 12.3 Å². The van der Waals surface area contributed by atoms with Gasteiger partial charge >= 0.3 is 17.3 Å². The molecule has 0 bridgehead atoms. The highest BCUT2D eigenvalue weighted by Gasteiger charge is 2.34. The summed E-state index contributed by atoms with van der Waals surface area (Å²) >= 11 is 0. The molecular formula is C4H12F2OSi2. The zero-order valence-corrected chi connectivity index (χ0v) is 8.16. The minimum atomic E-state index is -3.11. The van der Waals surface area contributed by atoms with E-state index in [0.29, 0.717) is 0 Å². The Balaban J connectivity index is 3.75. The van der Waals surface area contributed by atoms with E-state index in [4.69, 9.17) is 0 Å². The molecule has 1 nitrogen and oxygen atoms in total. The van der Waals surface area contributed by atoms with Crippen molar-refractivity contribution in [2.75, 3.05) is 0 Å². The molecule has 0 aromatic heterocycles. The molecule has 0 saturated heterocycles. The zero-order valence-electron chi connectivity index (χ0n) is 6.16. The first-order chi connectivity index (χ1) is 3.71. The minimum absolute atomic E-state index is 1.33. The molecule has 0 heterocycles. The van der Waals surface area contributed by atoms with E-state index in [2.05, 4.69) is 4.12 Å². The largest absolute Gasteiger partial charge is 0.409 e. The van der Waals surface area contributed by atoms with Gasteiger partial charge in [0.15, 0.2) is 0 Å². The Morgan fingerprint density at radius 3 is 1.11 bits per heavy atom. The average molecular weight is 170 g/mol. The van der Waals surface area contributed by atoms with Crippen molar-refractivity contribution in [3.8, 4) is 0 Å². The fourth-order valence-electron chi connectivity index (χ4n) is 0.577. The summed E-state index contributed by atoms with van der Waals surface area (Å²) < 4.78 is 29.8. The fraction of sp³-hybridized carbons (Fsp3) is 1.00. The number of hydrogen-bond acceptors (Lipinski definition) is 1.